The molecule has 0 aliphatic carbocycles. The lowest BCUT2D eigenvalue weighted by Gasteiger charge is -2.11. The summed E-state index contributed by atoms with van der Waals surface area (Å²) in [5.74, 6) is 0.717. The summed E-state index contributed by atoms with van der Waals surface area (Å²) in [4.78, 5) is 9.14. The van der Waals surface area contributed by atoms with Crippen LogP contribution < -0.4 is 10.1 Å². The molecule has 144 valence electrons. The molecule has 1 aromatic carbocycles. The van der Waals surface area contributed by atoms with Gasteiger partial charge in [0.15, 0.2) is 0 Å². The maximum atomic E-state index is 14.4. The fourth-order valence-corrected chi connectivity index (χ4v) is 3.96. The molecule has 5 nitrogen and oxygen atoms in total. The van der Waals surface area contributed by atoms with Crippen LogP contribution in [0.5, 0.6) is 5.75 Å². The first-order valence-electron chi connectivity index (χ1n) is 8.69. The average molecular weight is 400 g/mol. The topological polar surface area (TPSA) is 52.0 Å². The van der Waals surface area contributed by atoms with Gasteiger partial charge in [-0.2, -0.15) is 0 Å². The first-order chi connectivity index (χ1) is 13.6. The van der Waals surface area contributed by atoms with Crippen LogP contribution in [0.3, 0.4) is 0 Å². The Labute approximate surface area is 164 Å². The zero-order valence-electron chi connectivity index (χ0n) is 15.4. The number of benzene rings is 1. The summed E-state index contributed by atoms with van der Waals surface area (Å²) in [6.07, 6.45) is 1.44. The number of nitrogens with one attached hydrogen (secondary N) is 1. The molecule has 0 bridgehead atoms. The second-order valence-electron chi connectivity index (χ2n) is 6.29. The molecule has 0 atom stereocenters. The van der Waals surface area contributed by atoms with Gasteiger partial charge >= 0.3 is 0 Å². The highest BCUT2D eigenvalue weighted by molar-refractivity contribution is 7.13. The van der Waals surface area contributed by atoms with E-state index in [-0.39, 0.29) is 11.6 Å². The third-order valence-electron chi connectivity index (χ3n) is 4.53. The number of anilines is 1. The summed E-state index contributed by atoms with van der Waals surface area (Å²) in [5.41, 5.74) is 2.12. The van der Waals surface area contributed by atoms with Gasteiger partial charge in [0.25, 0.3) is 0 Å². The number of hydrogen-bond donors (Lipinski definition) is 1. The molecule has 1 N–H and O–H groups in total. The lowest BCUT2D eigenvalue weighted by atomic mass is 10.2. The Hall–Kier alpha value is -3.00. The van der Waals surface area contributed by atoms with Crippen LogP contribution in [0, 0.1) is 18.6 Å². The molecule has 8 heteroatoms. The molecule has 3 aromatic heterocycles. The summed E-state index contributed by atoms with van der Waals surface area (Å²) < 4.78 is 34.9. The maximum absolute atomic E-state index is 14.4. The maximum Gasteiger partial charge on any atom is 0.147 e. The van der Waals surface area contributed by atoms with Gasteiger partial charge in [-0.05, 0) is 31.2 Å². The fraction of sp³-hybridized carbons (Fsp3) is 0.200. The van der Waals surface area contributed by atoms with E-state index in [1.807, 2.05) is 17.6 Å². The number of aryl methyl sites for hydroxylation is 1. The van der Waals surface area contributed by atoms with Crippen LogP contribution in [0.1, 0.15) is 5.69 Å². The predicted molar refractivity (Wildman–Crippen MR) is 107 cm³/mol. The number of methoxy groups -OCH3 is 1. The molecular weight excluding hydrogens is 382 g/mol. The van der Waals surface area contributed by atoms with Crippen LogP contribution in [0.4, 0.5) is 14.6 Å². The van der Waals surface area contributed by atoms with Crippen molar-refractivity contribution in [3.8, 4) is 16.3 Å². The van der Waals surface area contributed by atoms with Crippen molar-refractivity contribution < 1.29 is 13.5 Å². The van der Waals surface area contributed by atoms with Gasteiger partial charge in [-0.3, -0.25) is 0 Å². The lowest BCUT2D eigenvalue weighted by molar-refractivity contribution is 0.419. The number of fused-ring (bicyclic) bond motifs is 1. The van der Waals surface area contributed by atoms with Gasteiger partial charge in [0.2, 0.25) is 0 Å². The molecule has 0 spiro atoms. The Kier molecular flexibility index (Phi) is 4.95. The van der Waals surface area contributed by atoms with Gasteiger partial charge in [-0.25, -0.2) is 18.7 Å². The summed E-state index contributed by atoms with van der Waals surface area (Å²) in [5, 5.41) is 5.42. The first kappa shape index (κ1) is 18.4. The summed E-state index contributed by atoms with van der Waals surface area (Å²) in [6, 6.07) is 8.19. The Morgan fingerprint density at radius 2 is 2.04 bits per heavy atom. The van der Waals surface area contributed by atoms with E-state index in [0.29, 0.717) is 35.9 Å². The van der Waals surface area contributed by atoms with Crippen LogP contribution in [0.25, 0.3) is 21.5 Å². The van der Waals surface area contributed by atoms with Crippen molar-refractivity contribution in [2.24, 2.45) is 0 Å². The summed E-state index contributed by atoms with van der Waals surface area (Å²) in [7, 11) is 1.58. The lowest BCUT2D eigenvalue weighted by Crippen LogP contribution is -2.12. The summed E-state index contributed by atoms with van der Waals surface area (Å²) in [6.45, 7) is 3.02. The predicted octanol–water partition coefficient (Wildman–Crippen LogP) is 4.87. The standard InChI is InChI=1S/C20H18F2N4OS/c1-12-7-14-17(27-2)4-3-15(22)20(14)26(12)6-5-23-19-9-16(24-11-25-19)18-8-13(21)10-28-18/h3-4,7-11H,5-6H2,1-2H3,(H,23,24,25). The van der Waals surface area contributed by atoms with E-state index in [2.05, 4.69) is 15.3 Å². The van der Waals surface area contributed by atoms with Gasteiger partial charge in [-0.15, -0.1) is 11.3 Å². The smallest absolute Gasteiger partial charge is 0.147 e. The number of aromatic nitrogens is 3. The SMILES string of the molecule is COc1ccc(F)c2c1cc(C)n2CCNc1cc(-c2cc(F)cs2)ncn1. The minimum atomic E-state index is -0.284. The van der Waals surface area contributed by atoms with Crippen molar-refractivity contribution in [2.75, 3.05) is 19.0 Å². The zero-order valence-corrected chi connectivity index (χ0v) is 16.2. The Balaban J connectivity index is 1.53. The highest BCUT2D eigenvalue weighted by atomic mass is 32.1. The minimum absolute atomic E-state index is 0.277. The van der Waals surface area contributed by atoms with Gasteiger partial charge in [0, 0.05) is 35.6 Å². The molecule has 0 aliphatic heterocycles. The number of ether oxygens (including phenoxy) is 1. The van der Waals surface area contributed by atoms with E-state index < -0.39 is 0 Å². The van der Waals surface area contributed by atoms with E-state index in [0.717, 1.165) is 16.0 Å². The number of thiophene rings is 1. The molecule has 0 unspecified atom stereocenters. The molecule has 4 rings (SSSR count). The van der Waals surface area contributed by atoms with Crippen molar-refractivity contribution in [3.63, 3.8) is 0 Å². The second-order valence-corrected chi connectivity index (χ2v) is 7.20. The quantitative estimate of drug-likeness (QED) is 0.502. The van der Waals surface area contributed by atoms with Crippen LogP contribution in [0.15, 0.2) is 42.0 Å². The first-order valence-corrected chi connectivity index (χ1v) is 9.57. The molecule has 28 heavy (non-hydrogen) atoms. The third kappa shape index (κ3) is 3.43. The van der Waals surface area contributed by atoms with Crippen LogP contribution in [0.2, 0.25) is 0 Å². The van der Waals surface area contributed by atoms with E-state index in [1.54, 1.807) is 19.2 Å². The molecule has 0 radical (unpaired) electrons. The fourth-order valence-electron chi connectivity index (χ4n) is 3.24. The van der Waals surface area contributed by atoms with Gasteiger partial charge in [0.05, 0.1) is 23.2 Å². The third-order valence-corrected chi connectivity index (χ3v) is 5.45. The van der Waals surface area contributed by atoms with Gasteiger partial charge < -0.3 is 14.6 Å². The largest absolute Gasteiger partial charge is 0.496 e. The van der Waals surface area contributed by atoms with Crippen LogP contribution in [-0.2, 0) is 6.54 Å². The van der Waals surface area contributed by atoms with Crippen LogP contribution in [-0.4, -0.2) is 28.2 Å². The highest BCUT2D eigenvalue weighted by Crippen LogP contribution is 2.31. The van der Waals surface area contributed by atoms with Crippen molar-refractivity contribution in [1.29, 1.82) is 0 Å². The Bertz CT molecular complexity index is 1140. The van der Waals surface area contributed by atoms with E-state index in [1.165, 1.54) is 35.2 Å². The summed E-state index contributed by atoms with van der Waals surface area (Å²) >= 11 is 1.29. The molecule has 0 saturated heterocycles. The molecule has 0 amide bonds. The number of halogens is 2. The molecular formula is C20H18F2N4OS. The van der Waals surface area contributed by atoms with Crippen LogP contribution >= 0.6 is 11.3 Å². The number of nitrogens with zero attached hydrogens (tertiary/aromatic N) is 3. The molecule has 3 heterocycles. The number of rotatable bonds is 6. The van der Waals surface area contributed by atoms with Crippen molar-refractivity contribution in [3.05, 3.63) is 59.4 Å². The Morgan fingerprint density at radius 1 is 1.18 bits per heavy atom. The van der Waals surface area contributed by atoms with Crippen molar-refractivity contribution in [2.45, 2.75) is 13.5 Å². The normalized spacial score (nSPS) is 11.1. The van der Waals surface area contributed by atoms with E-state index >= 15 is 0 Å². The zero-order chi connectivity index (χ0) is 19.7. The average Bonchev–Trinajstić information content (AvgIpc) is 3.27. The number of hydrogen-bond acceptors (Lipinski definition) is 5. The molecule has 0 saturated carbocycles. The minimum Gasteiger partial charge on any atom is -0.496 e. The molecule has 0 fully saturated rings. The highest BCUT2D eigenvalue weighted by Gasteiger charge is 2.14. The van der Waals surface area contributed by atoms with Crippen molar-refractivity contribution in [1.82, 2.24) is 14.5 Å². The Morgan fingerprint density at radius 3 is 2.79 bits per heavy atom. The van der Waals surface area contributed by atoms with Gasteiger partial charge in [-0.1, -0.05) is 0 Å². The van der Waals surface area contributed by atoms with Crippen molar-refractivity contribution >= 4 is 28.1 Å². The molecule has 0 aliphatic rings. The van der Waals surface area contributed by atoms with E-state index in [9.17, 15) is 8.78 Å². The van der Waals surface area contributed by atoms with E-state index in [4.69, 9.17) is 4.74 Å². The monoisotopic (exact) mass is 400 g/mol. The second kappa shape index (κ2) is 7.55. The van der Waals surface area contributed by atoms with Gasteiger partial charge in [0.1, 0.15) is 29.5 Å². The molecule has 4 aromatic rings.